The third-order valence-corrected chi connectivity index (χ3v) is 6.05. The third kappa shape index (κ3) is 3.64. The van der Waals surface area contributed by atoms with E-state index in [0.29, 0.717) is 10.2 Å². The van der Waals surface area contributed by atoms with Crippen molar-refractivity contribution < 1.29 is 9.53 Å². The number of aromatic nitrogens is 3. The smallest absolute Gasteiger partial charge is 0.331 e. The first kappa shape index (κ1) is 17.9. The zero-order valence-electron chi connectivity index (χ0n) is 15.1. The van der Waals surface area contributed by atoms with Gasteiger partial charge in [-0.25, -0.2) is 4.79 Å². The van der Waals surface area contributed by atoms with E-state index in [-0.39, 0.29) is 11.7 Å². The van der Waals surface area contributed by atoms with Gasteiger partial charge in [0.05, 0.1) is 5.39 Å². The SMILES string of the molecule is C[C@@H](C(=O)OC1CCCCC1)n1nnc2sc(-c3ccccc3)cc2c1=O. The number of thiophene rings is 1. The van der Waals surface area contributed by atoms with Crippen LogP contribution < -0.4 is 5.56 Å². The number of hydrogen-bond acceptors (Lipinski definition) is 6. The van der Waals surface area contributed by atoms with Crippen molar-refractivity contribution in [2.24, 2.45) is 0 Å². The number of ether oxygens (including phenoxy) is 1. The van der Waals surface area contributed by atoms with Gasteiger partial charge >= 0.3 is 5.97 Å². The van der Waals surface area contributed by atoms with E-state index >= 15 is 0 Å². The highest BCUT2D eigenvalue weighted by molar-refractivity contribution is 7.21. The summed E-state index contributed by atoms with van der Waals surface area (Å²) < 4.78 is 6.72. The van der Waals surface area contributed by atoms with E-state index in [1.165, 1.54) is 17.8 Å². The molecule has 0 spiro atoms. The second kappa shape index (κ2) is 7.60. The zero-order valence-corrected chi connectivity index (χ0v) is 15.9. The molecule has 27 heavy (non-hydrogen) atoms. The molecule has 1 aliphatic carbocycles. The highest BCUT2D eigenvalue weighted by Crippen LogP contribution is 2.30. The number of benzene rings is 1. The molecule has 0 N–H and O–H groups in total. The Morgan fingerprint density at radius 2 is 1.96 bits per heavy atom. The predicted molar refractivity (Wildman–Crippen MR) is 105 cm³/mol. The Labute approximate surface area is 160 Å². The number of carbonyl (C=O) groups excluding carboxylic acids is 1. The molecule has 2 heterocycles. The summed E-state index contributed by atoms with van der Waals surface area (Å²) in [5.74, 6) is -0.420. The Hall–Kier alpha value is -2.54. The third-order valence-electron chi connectivity index (χ3n) is 4.98. The Morgan fingerprint density at radius 1 is 1.22 bits per heavy atom. The number of hydrogen-bond donors (Lipinski definition) is 0. The van der Waals surface area contributed by atoms with Crippen molar-refractivity contribution in [3.05, 3.63) is 46.8 Å². The largest absolute Gasteiger partial charge is 0.461 e. The van der Waals surface area contributed by atoms with Crippen LogP contribution in [0.4, 0.5) is 0 Å². The minimum absolute atomic E-state index is 0.0491. The lowest BCUT2D eigenvalue weighted by molar-refractivity contribution is -0.154. The second-order valence-electron chi connectivity index (χ2n) is 6.91. The molecule has 140 valence electrons. The van der Waals surface area contributed by atoms with Crippen molar-refractivity contribution in [3.8, 4) is 10.4 Å². The lowest BCUT2D eigenvalue weighted by Gasteiger charge is -2.23. The molecular formula is C20H21N3O3S. The first-order chi connectivity index (χ1) is 13.1. The number of fused-ring (bicyclic) bond motifs is 1. The molecule has 1 saturated carbocycles. The van der Waals surface area contributed by atoms with Crippen LogP contribution in [0.5, 0.6) is 0 Å². The Balaban J connectivity index is 1.61. The molecule has 7 heteroatoms. The molecule has 1 aliphatic rings. The van der Waals surface area contributed by atoms with Crippen molar-refractivity contribution in [2.45, 2.75) is 51.2 Å². The summed E-state index contributed by atoms with van der Waals surface area (Å²) >= 11 is 1.42. The Bertz CT molecular complexity index is 1010. The van der Waals surface area contributed by atoms with Crippen LogP contribution >= 0.6 is 11.3 Å². The molecule has 0 unspecified atom stereocenters. The minimum atomic E-state index is -0.795. The summed E-state index contributed by atoms with van der Waals surface area (Å²) in [7, 11) is 0. The van der Waals surface area contributed by atoms with Gasteiger partial charge in [-0.1, -0.05) is 42.0 Å². The summed E-state index contributed by atoms with van der Waals surface area (Å²) in [6.45, 7) is 1.64. The molecule has 1 aromatic carbocycles. The summed E-state index contributed by atoms with van der Waals surface area (Å²) in [4.78, 5) is 26.9. The highest BCUT2D eigenvalue weighted by atomic mass is 32.1. The van der Waals surface area contributed by atoms with Crippen molar-refractivity contribution in [3.63, 3.8) is 0 Å². The summed E-state index contributed by atoms with van der Waals surface area (Å²) in [5, 5.41) is 8.63. The van der Waals surface area contributed by atoms with Crippen LogP contribution in [-0.2, 0) is 9.53 Å². The van der Waals surface area contributed by atoms with Crippen LogP contribution in [0.3, 0.4) is 0 Å². The Kier molecular flexibility index (Phi) is 5.03. The molecule has 1 atom stereocenters. The van der Waals surface area contributed by atoms with Crippen LogP contribution in [0.1, 0.15) is 45.1 Å². The van der Waals surface area contributed by atoms with Crippen LogP contribution in [0.25, 0.3) is 20.7 Å². The monoisotopic (exact) mass is 383 g/mol. The molecule has 1 fully saturated rings. The summed E-state index contributed by atoms with van der Waals surface area (Å²) in [5.41, 5.74) is 0.711. The molecule has 0 amide bonds. The van der Waals surface area contributed by atoms with E-state index in [1.54, 1.807) is 6.92 Å². The standard InChI is InChI=1S/C20H21N3O3S/c1-13(20(25)26-15-10-6-3-7-11-15)23-19(24)16-12-17(27-18(16)21-22-23)14-8-4-2-5-9-14/h2,4-5,8-9,12-13,15H,3,6-7,10-11H2,1H3/t13-/m0/s1. The molecule has 2 aromatic heterocycles. The average Bonchev–Trinajstić information content (AvgIpc) is 3.14. The number of carbonyl (C=O) groups is 1. The van der Waals surface area contributed by atoms with E-state index in [9.17, 15) is 9.59 Å². The fourth-order valence-corrected chi connectivity index (χ4v) is 4.38. The van der Waals surface area contributed by atoms with Gasteiger partial charge in [-0.2, -0.15) is 4.68 Å². The maximum Gasteiger partial charge on any atom is 0.331 e. The highest BCUT2D eigenvalue weighted by Gasteiger charge is 2.25. The van der Waals surface area contributed by atoms with E-state index < -0.39 is 12.0 Å². The molecule has 0 aliphatic heterocycles. The van der Waals surface area contributed by atoms with Gasteiger partial charge in [-0.15, -0.1) is 16.4 Å². The molecular weight excluding hydrogens is 362 g/mol. The van der Waals surface area contributed by atoms with Crippen LogP contribution in [-0.4, -0.2) is 27.1 Å². The van der Waals surface area contributed by atoms with Gasteiger partial charge in [0.1, 0.15) is 6.10 Å². The van der Waals surface area contributed by atoms with Crippen LogP contribution in [0.15, 0.2) is 41.2 Å². The second-order valence-corrected chi connectivity index (χ2v) is 7.94. The maximum absolute atomic E-state index is 12.9. The van der Waals surface area contributed by atoms with Crippen molar-refractivity contribution >= 4 is 27.5 Å². The van der Waals surface area contributed by atoms with Gasteiger partial charge in [0, 0.05) is 4.88 Å². The minimum Gasteiger partial charge on any atom is -0.461 e. The number of rotatable bonds is 4. The number of esters is 1. The van der Waals surface area contributed by atoms with Crippen LogP contribution in [0, 0.1) is 0 Å². The lowest BCUT2D eigenvalue weighted by atomic mass is 9.98. The fraction of sp³-hybridized carbons (Fsp3) is 0.400. The van der Waals surface area contributed by atoms with Gasteiger partial charge < -0.3 is 4.74 Å². The van der Waals surface area contributed by atoms with Crippen LogP contribution in [0.2, 0.25) is 0 Å². The topological polar surface area (TPSA) is 74.1 Å². The lowest BCUT2D eigenvalue weighted by Crippen LogP contribution is -2.34. The summed E-state index contributed by atoms with van der Waals surface area (Å²) in [6, 6.07) is 10.9. The van der Waals surface area contributed by atoms with Crippen molar-refractivity contribution in [1.29, 1.82) is 0 Å². The quantitative estimate of drug-likeness (QED) is 0.638. The molecule has 0 saturated heterocycles. The van der Waals surface area contributed by atoms with Gasteiger partial charge in [0.25, 0.3) is 5.56 Å². The normalized spacial score (nSPS) is 16.3. The summed E-state index contributed by atoms with van der Waals surface area (Å²) in [6.07, 6.45) is 5.08. The molecule has 6 nitrogen and oxygen atoms in total. The molecule has 0 bridgehead atoms. The van der Waals surface area contributed by atoms with Gasteiger partial charge in [-0.05, 0) is 44.2 Å². The van der Waals surface area contributed by atoms with Crippen molar-refractivity contribution in [1.82, 2.24) is 15.0 Å². The number of nitrogens with zero attached hydrogens (tertiary/aromatic N) is 3. The van der Waals surface area contributed by atoms with E-state index in [4.69, 9.17) is 4.74 Å². The fourth-order valence-electron chi connectivity index (χ4n) is 3.41. The predicted octanol–water partition coefficient (Wildman–Crippen LogP) is 3.96. The van der Waals surface area contributed by atoms with E-state index in [1.807, 2.05) is 36.4 Å². The molecule has 0 radical (unpaired) electrons. The van der Waals surface area contributed by atoms with Crippen molar-refractivity contribution in [2.75, 3.05) is 0 Å². The maximum atomic E-state index is 12.9. The van der Waals surface area contributed by atoms with Gasteiger partial charge in [0.15, 0.2) is 10.9 Å². The van der Waals surface area contributed by atoms with E-state index in [2.05, 4.69) is 10.3 Å². The first-order valence-corrected chi connectivity index (χ1v) is 10.1. The molecule has 3 aromatic rings. The zero-order chi connectivity index (χ0) is 18.8. The Morgan fingerprint density at radius 3 is 2.70 bits per heavy atom. The average molecular weight is 383 g/mol. The van der Waals surface area contributed by atoms with Gasteiger partial charge in [-0.3, -0.25) is 4.79 Å². The van der Waals surface area contributed by atoms with E-state index in [0.717, 1.165) is 40.8 Å². The first-order valence-electron chi connectivity index (χ1n) is 9.28. The molecule has 4 rings (SSSR count). The van der Waals surface area contributed by atoms with Gasteiger partial charge in [0.2, 0.25) is 0 Å².